The standard InChI is InChI=1S/C12H18N2O/c1-2-15-12-9-5-8-11(14-12)13-10-6-3-4-7-10/h5,8-10H,2-4,6-7H2,1H3,(H,13,14). The number of anilines is 1. The Hall–Kier alpha value is -1.25. The van der Waals surface area contributed by atoms with E-state index in [1.807, 2.05) is 25.1 Å². The fourth-order valence-electron chi connectivity index (χ4n) is 2.00. The molecule has 0 atom stereocenters. The average Bonchev–Trinajstić information content (AvgIpc) is 2.71. The minimum Gasteiger partial charge on any atom is -0.478 e. The quantitative estimate of drug-likeness (QED) is 0.822. The van der Waals surface area contributed by atoms with E-state index in [4.69, 9.17) is 4.74 Å². The van der Waals surface area contributed by atoms with Crippen LogP contribution in [0.4, 0.5) is 5.82 Å². The van der Waals surface area contributed by atoms with Crippen LogP contribution >= 0.6 is 0 Å². The molecule has 82 valence electrons. The van der Waals surface area contributed by atoms with Crippen molar-refractivity contribution in [2.24, 2.45) is 0 Å². The summed E-state index contributed by atoms with van der Waals surface area (Å²) in [6.07, 6.45) is 5.20. The van der Waals surface area contributed by atoms with Crippen molar-refractivity contribution in [3.05, 3.63) is 18.2 Å². The van der Waals surface area contributed by atoms with Crippen molar-refractivity contribution < 1.29 is 4.74 Å². The van der Waals surface area contributed by atoms with E-state index in [0.29, 0.717) is 18.5 Å². The molecule has 0 unspecified atom stereocenters. The summed E-state index contributed by atoms with van der Waals surface area (Å²) < 4.78 is 5.36. The van der Waals surface area contributed by atoms with Crippen molar-refractivity contribution in [2.75, 3.05) is 11.9 Å². The summed E-state index contributed by atoms with van der Waals surface area (Å²) in [6, 6.07) is 6.48. The summed E-state index contributed by atoms with van der Waals surface area (Å²) in [5.74, 6) is 1.65. The third-order valence-corrected chi connectivity index (χ3v) is 2.72. The van der Waals surface area contributed by atoms with Crippen LogP contribution in [0.15, 0.2) is 18.2 Å². The van der Waals surface area contributed by atoms with E-state index in [2.05, 4.69) is 10.3 Å². The monoisotopic (exact) mass is 206 g/mol. The highest BCUT2D eigenvalue weighted by Gasteiger charge is 2.14. The van der Waals surface area contributed by atoms with E-state index in [9.17, 15) is 0 Å². The van der Waals surface area contributed by atoms with Crippen LogP contribution in [0.5, 0.6) is 5.88 Å². The molecule has 0 aliphatic heterocycles. The summed E-state index contributed by atoms with van der Waals surface area (Å²) in [5.41, 5.74) is 0. The maximum absolute atomic E-state index is 5.36. The van der Waals surface area contributed by atoms with Gasteiger partial charge in [-0.3, -0.25) is 0 Å². The molecule has 1 fully saturated rings. The lowest BCUT2D eigenvalue weighted by Crippen LogP contribution is -2.15. The molecular formula is C12H18N2O. The Morgan fingerprint density at radius 2 is 2.20 bits per heavy atom. The van der Waals surface area contributed by atoms with E-state index in [0.717, 1.165) is 5.82 Å². The highest BCUT2D eigenvalue weighted by molar-refractivity contribution is 5.38. The zero-order valence-corrected chi connectivity index (χ0v) is 9.20. The van der Waals surface area contributed by atoms with E-state index in [1.54, 1.807) is 0 Å². The molecule has 3 nitrogen and oxygen atoms in total. The van der Waals surface area contributed by atoms with Crippen LogP contribution in [0.2, 0.25) is 0 Å². The van der Waals surface area contributed by atoms with E-state index in [1.165, 1.54) is 25.7 Å². The highest BCUT2D eigenvalue weighted by atomic mass is 16.5. The molecule has 1 aliphatic carbocycles. The molecule has 1 saturated carbocycles. The number of rotatable bonds is 4. The molecule has 2 rings (SSSR count). The molecular weight excluding hydrogens is 188 g/mol. The zero-order chi connectivity index (χ0) is 10.5. The Labute approximate surface area is 90.9 Å². The second kappa shape index (κ2) is 5.01. The molecule has 3 heteroatoms. The Bertz CT molecular complexity index is 308. The lowest BCUT2D eigenvalue weighted by atomic mass is 10.2. The van der Waals surface area contributed by atoms with Crippen LogP contribution in [0.3, 0.4) is 0 Å². The van der Waals surface area contributed by atoms with Gasteiger partial charge in [-0.05, 0) is 25.8 Å². The number of hydrogen-bond donors (Lipinski definition) is 1. The van der Waals surface area contributed by atoms with E-state index < -0.39 is 0 Å². The van der Waals surface area contributed by atoms with Crippen LogP contribution in [-0.2, 0) is 0 Å². The average molecular weight is 206 g/mol. The topological polar surface area (TPSA) is 34.1 Å². The minimum atomic E-state index is 0.606. The summed E-state index contributed by atoms with van der Waals surface area (Å²) >= 11 is 0. The van der Waals surface area contributed by atoms with Crippen molar-refractivity contribution >= 4 is 5.82 Å². The smallest absolute Gasteiger partial charge is 0.215 e. The molecule has 1 heterocycles. The maximum Gasteiger partial charge on any atom is 0.215 e. The van der Waals surface area contributed by atoms with Gasteiger partial charge in [-0.15, -0.1) is 0 Å². The molecule has 0 aromatic carbocycles. The first-order valence-corrected chi connectivity index (χ1v) is 5.75. The fraction of sp³-hybridized carbons (Fsp3) is 0.583. The van der Waals surface area contributed by atoms with Crippen molar-refractivity contribution in [2.45, 2.75) is 38.6 Å². The van der Waals surface area contributed by atoms with Crippen LogP contribution in [0, 0.1) is 0 Å². The number of ether oxygens (including phenoxy) is 1. The summed E-state index contributed by atoms with van der Waals surface area (Å²) in [5, 5.41) is 3.45. The number of pyridine rings is 1. The SMILES string of the molecule is CCOc1cccc(NC2CCCC2)n1. The maximum atomic E-state index is 5.36. The van der Waals surface area contributed by atoms with Crippen LogP contribution < -0.4 is 10.1 Å². The van der Waals surface area contributed by atoms with Crippen LogP contribution in [0.1, 0.15) is 32.6 Å². The van der Waals surface area contributed by atoms with Gasteiger partial charge in [0.15, 0.2) is 0 Å². The summed E-state index contributed by atoms with van der Waals surface area (Å²) in [6.45, 7) is 2.64. The first-order valence-electron chi connectivity index (χ1n) is 5.75. The molecule has 0 saturated heterocycles. The van der Waals surface area contributed by atoms with Gasteiger partial charge in [-0.2, -0.15) is 4.98 Å². The van der Waals surface area contributed by atoms with Gasteiger partial charge in [0.1, 0.15) is 5.82 Å². The Balaban J connectivity index is 1.97. The molecule has 15 heavy (non-hydrogen) atoms. The molecule has 0 bridgehead atoms. The second-order valence-electron chi connectivity index (χ2n) is 3.92. The third kappa shape index (κ3) is 2.85. The molecule has 1 aromatic heterocycles. The second-order valence-corrected chi connectivity index (χ2v) is 3.92. The van der Waals surface area contributed by atoms with Gasteiger partial charge in [0.2, 0.25) is 5.88 Å². The normalized spacial score (nSPS) is 16.6. The van der Waals surface area contributed by atoms with Crippen molar-refractivity contribution in [3.63, 3.8) is 0 Å². The molecule has 0 amide bonds. The molecule has 0 radical (unpaired) electrons. The van der Waals surface area contributed by atoms with Gasteiger partial charge in [0.25, 0.3) is 0 Å². The van der Waals surface area contributed by atoms with Gasteiger partial charge < -0.3 is 10.1 Å². The van der Waals surface area contributed by atoms with Crippen molar-refractivity contribution in [1.29, 1.82) is 0 Å². The first kappa shape index (κ1) is 10.3. The zero-order valence-electron chi connectivity index (χ0n) is 9.20. The summed E-state index contributed by atoms with van der Waals surface area (Å²) in [7, 11) is 0. The number of aromatic nitrogens is 1. The van der Waals surface area contributed by atoms with Gasteiger partial charge in [0, 0.05) is 12.1 Å². The largest absolute Gasteiger partial charge is 0.478 e. The van der Waals surface area contributed by atoms with Crippen LogP contribution in [0.25, 0.3) is 0 Å². The van der Waals surface area contributed by atoms with E-state index in [-0.39, 0.29) is 0 Å². The molecule has 1 aromatic rings. The highest BCUT2D eigenvalue weighted by Crippen LogP contribution is 2.22. The summed E-state index contributed by atoms with van der Waals surface area (Å²) in [4.78, 5) is 4.39. The lowest BCUT2D eigenvalue weighted by molar-refractivity contribution is 0.327. The minimum absolute atomic E-state index is 0.606. The van der Waals surface area contributed by atoms with Crippen molar-refractivity contribution in [3.8, 4) is 5.88 Å². The van der Waals surface area contributed by atoms with Crippen molar-refractivity contribution in [1.82, 2.24) is 4.98 Å². The van der Waals surface area contributed by atoms with E-state index >= 15 is 0 Å². The molecule has 1 aliphatic rings. The molecule has 1 N–H and O–H groups in total. The Kier molecular flexibility index (Phi) is 3.43. The van der Waals surface area contributed by atoms with Gasteiger partial charge in [0.05, 0.1) is 6.61 Å². The Morgan fingerprint density at radius 3 is 2.93 bits per heavy atom. The number of nitrogens with one attached hydrogen (secondary N) is 1. The van der Waals surface area contributed by atoms with Gasteiger partial charge >= 0.3 is 0 Å². The Morgan fingerprint density at radius 1 is 1.40 bits per heavy atom. The fourth-order valence-corrected chi connectivity index (χ4v) is 2.00. The predicted molar refractivity (Wildman–Crippen MR) is 61.3 cm³/mol. The van der Waals surface area contributed by atoms with Gasteiger partial charge in [-0.25, -0.2) is 0 Å². The predicted octanol–water partition coefficient (Wildman–Crippen LogP) is 2.83. The third-order valence-electron chi connectivity index (χ3n) is 2.72. The van der Waals surface area contributed by atoms with Gasteiger partial charge in [-0.1, -0.05) is 18.9 Å². The lowest BCUT2D eigenvalue weighted by Gasteiger charge is -2.13. The molecule has 0 spiro atoms. The number of nitrogens with zero attached hydrogens (tertiary/aromatic N) is 1. The first-order chi connectivity index (χ1) is 7.38. The number of hydrogen-bond acceptors (Lipinski definition) is 3. The van der Waals surface area contributed by atoms with Crippen LogP contribution in [-0.4, -0.2) is 17.6 Å².